The fraction of sp³-hybridized carbons (Fsp3) is 0.111. The Kier molecular flexibility index (Phi) is 5.30. The number of benzene rings is 1. The molecule has 0 atom stereocenters. The maximum absolute atomic E-state index is 13.1. The van der Waals surface area contributed by atoms with Gasteiger partial charge in [0.05, 0.1) is 23.5 Å². The predicted octanol–water partition coefficient (Wildman–Crippen LogP) is 3.56. The Labute approximate surface area is 152 Å². The van der Waals surface area contributed by atoms with Crippen molar-refractivity contribution >= 4 is 17.4 Å². The van der Waals surface area contributed by atoms with Crippen molar-refractivity contribution in [1.82, 2.24) is 20.3 Å². The van der Waals surface area contributed by atoms with E-state index in [0.29, 0.717) is 5.69 Å². The van der Waals surface area contributed by atoms with Gasteiger partial charge >= 0.3 is 6.18 Å². The number of carbonyl (C=O) groups excluding carboxylic acids is 1. The number of halogens is 3. The number of pyridine rings is 1. The second kappa shape index (κ2) is 7.81. The van der Waals surface area contributed by atoms with Crippen LogP contribution in [0.1, 0.15) is 21.7 Å². The first-order chi connectivity index (χ1) is 12.9. The minimum atomic E-state index is -4.51. The Morgan fingerprint density at radius 1 is 1.00 bits per heavy atom. The molecule has 0 bridgehead atoms. The second-order valence-corrected chi connectivity index (χ2v) is 5.46. The molecule has 138 valence electrons. The quantitative estimate of drug-likeness (QED) is 0.715. The number of para-hydroxylation sites is 1. The molecular formula is C18H14F3N5O. The standard InChI is InChI=1S/C18H14F3N5O/c19-18(20,21)13-6-1-2-7-14(13)26-16-9-15(24-11-25-16)17(27)23-10-12-5-3-4-8-22-12/h1-9,11H,10H2,(H,23,27)(H,24,25,26). The molecule has 6 nitrogen and oxygen atoms in total. The summed E-state index contributed by atoms with van der Waals surface area (Å²) >= 11 is 0. The van der Waals surface area contributed by atoms with E-state index in [9.17, 15) is 18.0 Å². The molecule has 0 aliphatic carbocycles. The third-order valence-electron chi connectivity index (χ3n) is 3.55. The minimum absolute atomic E-state index is 0.0212. The van der Waals surface area contributed by atoms with Gasteiger partial charge in [-0.1, -0.05) is 18.2 Å². The fourth-order valence-electron chi connectivity index (χ4n) is 2.29. The average Bonchev–Trinajstić information content (AvgIpc) is 2.67. The van der Waals surface area contributed by atoms with E-state index in [2.05, 4.69) is 25.6 Å². The molecule has 3 rings (SSSR count). The van der Waals surface area contributed by atoms with E-state index in [1.807, 2.05) is 0 Å². The summed E-state index contributed by atoms with van der Waals surface area (Å²) in [6.45, 7) is 0.198. The van der Waals surface area contributed by atoms with E-state index in [1.54, 1.807) is 24.4 Å². The summed E-state index contributed by atoms with van der Waals surface area (Å²) < 4.78 is 39.2. The minimum Gasteiger partial charge on any atom is -0.345 e. The van der Waals surface area contributed by atoms with Crippen LogP contribution in [0.15, 0.2) is 61.1 Å². The molecule has 2 N–H and O–H groups in total. The van der Waals surface area contributed by atoms with Gasteiger partial charge in [0.25, 0.3) is 5.91 Å². The lowest BCUT2D eigenvalue weighted by Gasteiger charge is -2.14. The third-order valence-corrected chi connectivity index (χ3v) is 3.55. The summed E-state index contributed by atoms with van der Waals surface area (Å²) in [4.78, 5) is 24.0. The van der Waals surface area contributed by atoms with Crippen LogP contribution in [0.3, 0.4) is 0 Å². The van der Waals surface area contributed by atoms with Crippen LogP contribution in [0.4, 0.5) is 24.7 Å². The third kappa shape index (κ3) is 4.78. The van der Waals surface area contributed by atoms with Gasteiger partial charge in [-0.3, -0.25) is 9.78 Å². The highest BCUT2D eigenvalue weighted by atomic mass is 19.4. The largest absolute Gasteiger partial charge is 0.418 e. The smallest absolute Gasteiger partial charge is 0.345 e. The van der Waals surface area contributed by atoms with Crippen molar-refractivity contribution in [3.63, 3.8) is 0 Å². The number of nitrogens with zero attached hydrogens (tertiary/aromatic N) is 3. The van der Waals surface area contributed by atoms with Crippen molar-refractivity contribution < 1.29 is 18.0 Å². The summed E-state index contributed by atoms with van der Waals surface area (Å²) in [6.07, 6.45) is -1.81. The molecule has 0 unspecified atom stereocenters. The van der Waals surface area contributed by atoms with Crippen LogP contribution in [0.2, 0.25) is 0 Å². The van der Waals surface area contributed by atoms with E-state index in [4.69, 9.17) is 0 Å². The Bertz CT molecular complexity index is 932. The molecule has 0 aliphatic rings. The number of carbonyl (C=O) groups is 1. The molecule has 1 aromatic carbocycles. The number of aromatic nitrogens is 3. The predicted molar refractivity (Wildman–Crippen MR) is 92.2 cm³/mol. The molecule has 1 amide bonds. The number of anilines is 2. The van der Waals surface area contributed by atoms with Crippen molar-refractivity contribution in [2.45, 2.75) is 12.7 Å². The van der Waals surface area contributed by atoms with Crippen molar-refractivity contribution in [2.75, 3.05) is 5.32 Å². The molecular weight excluding hydrogens is 359 g/mol. The molecule has 0 saturated carbocycles. The van der Waals surface area contributed by atoms with Crippen LogP contribution < -0.4 is 10.6 Å². The van der Waals surface area contributed by atoms with E-state index >= 15 is 0 Å². The lowest BCUT2D eigenvalue weighted by molar-refractivity contribution is -0.136. The maximum atomic E-state index is 13.1. The number of amides is 1. The second-order valence-electron chi connectivity index (χ2n) is 5.46. The monoisotopic (exact) mass is 373 g/mol. The van der Waals surface area contributed by atoms with Gasteiger partial charge in [-0.05, 0) is 24.3 Å². The van der Waals surface area contributed by atoms with Crippen molar-refractivity contribution in [3.05, 3.63) is 78.0 Å². The van der Waals surface area contributed by atoms with Crippen molar-refractivity contribution in [1.29, 1.82) is 0 Å². The highest BCUT2D eigenvalue weighted by Gasteiger charge is 2.33. The summed E-state index contributed by atoms with van der Waals surface area (Å²) in [5.41, 5.74) is -0.307. The Balaban J connectivity index is 1.74. The van der Waals surface area contributed by atoms with E-state index in [0.717, 1.165) is 12.4 Å². The topological polar surface area (TPSA) is 79.8 Å². The lowest BCUT2D eigenvalue weighted by atomic mass is 10.1. The number of rotatable bonds is 5. The van der Waals surface area contributed by atoms with E-state index < -0.39 is 17.6 Å². The zero-order valence-corrected chi connectivity index (χ0v) is 13.9. The Morgan fingerprint density at radius 3 is 2.52 bits per heavy atom. The van der Waals surface area contributed by atoms with Gasteiger partial charge in [0, 0.05) is 12.3 Å². The summed E-state index contributed by atoms with van der Waals surface area (Å²) in [5.74, 6) is -0.417. The van der Waals surface area contributed by atoms with E-state index in [-0.39, 0.29) is 23.7 Å². The van der Waals surface area contributed by atoms with Crippen LogP contribution in [0.5, 0.6) is 0 Å². The molecule has 0 aliphatic heterocycles. The highest BCUT2D eigenvalue weighted by Crippen LogP contribution is 2.35. The van der Waals surface area contributed by atoms with Crippen LogP contribution in [-0.2, 0) is 12.7 Å². The molecule has 27 heavy (non-hydrogen) atoms. The number of alkyl halides is 3. The maximum Gasteiger partial charge on any atom is 0.418 e. The number of nitrogens with one attached hydrogen (secondary N) is 2. The molecule has 0 radical (unpaired) electrons. The molecule has 0 fully saturated rings. The first kappa shape index (κ1) is 18.3. The van der Waals surface area contributed by atoms with Gasteiger partial charge in [-0.15, -0.1) is 0 Å². The van der Waals surface area contributed by atoms with E-state index in [1.165, 1.54) is 24.3 Å². The molecule has 9 heteroatoms. The highest BCUT2D eigenvalue weighted by molar-refractivity contribution is 5.92. The number of hydrogen-bond donors (Lipinski definition) is 2. The lowest BCUT2D eigenvalue weighted by Crippen LogP contribution is -2.24. The normalized spacial score (nSPS) is 11.1. The van der Waals surface area contributed by atoms with Crippen LogP contribution in [-0.4, -0.2) is 20.9 Å². The van der Waals surface area contributed by atoms with Crippen molar-refractivity contribution in [3.8, 4) is 0 Å². The molecule has 0 spiro atoms. The molecule has 0 saturated heterocycles. The van der Waals surface area contributed by atoms with Gasteiger partial charge in [-0.25, -0.2) is 9.97 Å². The van der Waals surface area contributed by atoms with Crippen molar-refractivity contribution in [2.24, 2.45) is 0 Å². The Morgan fingerprint density at radius 2 is 1.78 bits per heavy atom. The molecule has 3 aromatic rings. The number of hydrogen-bond acceptors (Lipinski definition) is 5. The van der Waals surface area contributed by atoms with Gasteiger partial charge in [0.2, 0.25) is 0 Å². The Hall–Kier alpha value is -3.49. The van der Waals surface area contributed by atoms with Crippen LogP contribution in [0, 0.1) is 0 Å². The van der Waals surface area contributed by atoms with Gasteiger partial charge in [0.1, 0.15) is 17.8 Å². The average molecular weight is 373 g/mol. The summed E-state index contributed by atoms with van der Waals surface area (Å²) in [5, 5.41) is 5.23. The summed E-state index contributed by atoms with van der Waals surface area (Å²) in [7, 11) is 0. The fourth-order valence-corrected chi connectivity index (χ4v) is 2.29. The molecule has 2 heterocycles. The SMILES string of the molecule is O=C(NCc1ccccn1)c1cc(Nc2ccccc2C(F)(F)F)ncn1. The van der Waals surface area contributed by atoms with Crippen LogP contribution in [0.25, 0.3) is 0 Å². The van der Waals surface area contributed by atoms with Gasteiger partial charge in [-0.2, -0.15) is 13.2 Å². The molecule has 2 aromatic heterocycles. The first-order valence-electron chi connectivity index (χ1n) is 7.87. The zero-order chi connectivity index (χ0) is 19.3. The summed E-state index contributed by atoms with van der Waals surface area (Å²) in [6, 6.07) is 11.6. The van der Waals surface area contributed by atoms with Gasteiger partial charge < -0.3 is 10.6 Å². The first-order valence-corrected chi connectivity index (χ1v) is 7.87. The van der Waals surface area contributed by atoms with Crippen LogP contribution >= 0.6 is 0 Å². The van der Waals surface area contributed by atoms with Gasteiger partial charge in [0.15, 0.2) is 0 Å². The zero-order valence-electron chi connectivity index (χ0n) is 13.9.